The van der Waals surface area contributed by atoms with Crippen molar-refractivity contribution in [1.29, 1.82) is 0 Å². The van der Waals surface area contributed by atoms with Crippen LogP contribution in [0.4, 0.5) is 0 Å². The Morgan fingerprint density at radius 1 is 1.03 bits per heavy atom. The van der Waals surface area contributed by atoms with Gasteiger partial charge in [-0.05, 0) is 47.5 Å². The molecule has 7 nitrogen and oxygen atoms in total. The molecule has 0 aliphatic carbocycles. The molecule has 1 aliphatic heterocycles. The van der Waals surface area contributed by atoms with Crippen LogP contribution in [0.25, 0.3) is 22.2 Å². The van der Waals surface area contributed by atoms with E-state index in [0.717, 1.165) is 66.4 Å². The Kier molecular flexibility index (Phi) is 5.60. The van der Waals surface area contributed by atoms with Gasteiger partial charge in [-0.2, -0.15) is 0 Å². The van der Waals surface area contributed by atoms with Crippen molar-refractivity contribution in [2.45, 2.75) is 13.0 Å². The minimum atomic E-state index is 0.618. The maximum Gasteiger partial charge on any atom is 0.221 e. The third-order valence-corrected chi connectivity index (χ3v) is 5.65. The first kappa shape index (κ1) is 19.7. The summed E-state index contributed by atoms with van der Waals surface area (Å²) in [6.07, 6.45) is 4.32. The lowest BCUT2D eigenvalue weighted by atomic mass is 10.1. The number of aromatic amines is 1. The smallest absolute Gasteiger partial charge is 0.221 e. The number of nitrogens with one attached hydrogen (secondary N) is 2. The third kappa shape index (κ3) is 4.42. The summed E-state index contributed by atoms with van der Waals surface area (Å²) in [5.74, 6) is 1.53. The Balaban J connectivity index is 1.36. The van der Waals surface area contributed by atoms with Crippen molar-refractivity contribution in [3.05, 3.63) is 71.9 Å². The molecule has 0 spiro atoms. The molecule has 0 unspecified atom stereocenters. The number of methoxy groups -OCH3 is 1. The number of imidazole rings is 1. The lowest BCUT2D eigenvalue weighted by Gasteiger charge is -2.27. The first-order valence-electron chi connectivity index (χ1n) is 10.6. The zero-order valence-corrected chi connectivity index (χ0v) is 17.6. The summed E-state index contributed by atoms with van der Waals surface area (Å²) in [6.45, 7) is 5.26. The van der Waals surface area contributed by atoms with Crippen LogP contribution in [-0.4, -0.2) is 58.1 Å². The molecule has 3 aromatic heterocycles. The normalized spacial score (nSPS) is 14.7. The molecule has 1 saturated heterocycles. The van der Waals surface area contributed by atoms with Crippen LogP contribution in [0.3, 0.4) is 0 Å². The summed E-state index contributed by atoms with van der Waals surface area (Å²) < 4.78 is 5.41. The van der Waals surface area contributed by atoms with Crippen molar-refractivity contribution < 1.29 is 4.74 Å². The Morgan fingerprint density at radius 2 is 1.94 bits per heavy atom. The van der Waals surface area contributed by atoms with Gasteiger partial charge in [0.05, 0.1) is 18.1 Å². The van der Waals surface area contributed by atoms with E-state index in [0.29, 0.717) is 12.3 Å². The zero-order chi connectivity index (χ0) is 21.0. The average Bonchev–Trinajstić information content (AvgIpc) is 3.21. The predicted octanol–water partition coefficient (Wildman–Crippen LogP) is 3.02. The summed E-state index contributed by atoms with van der Waals surface area (Å²) in [7, 11) is 1.64. The molecular weight excluding hydrogens is 388 g/mol. The van der Waals surface area contributed by atoms with E-state index >= 15 is 0 Å². The maximum atomic E-state index is 5.41. The molecule has 2 N–H and O–H groups in total. The second kappa shape index (κ2) is 8.83. The molecule has 1 aliphatic rings. The van der Waals surface area contributed by atoms with Crippen LogP contribution in [0.15, 0.2) is 54.9 Å². The molecule has 0 amide bonds. The maximum absolute atomic E-state index is 5.41. The number of pyridine rings is 2. The molecule has 1 aromatic carbocycles. The van der Waals surface area contributed by atoms with E-state index in [1.165, 1.54) is 5.56 Å². The van der Waals surface area contributed by atoms with Crippen LogP contribution in [0, 0.1) is 0 Å². The minimum absolute atomic E-state index is 0.618. The second-order valence-corrected chi connectivity index (χ2v) is 7.83. The van der Waals surface area contributed by atoms with Gasteiger partial charge >= 0.3 is 0 Å². The van der Waals surface area contributed by atoms with Gasteiger partial charge in [-0.15, -0.1) is 0 Å². The molecule has 1 fully saturated rings. The average molecular weight is 415 g/mol. The molecule has 0 atom stereocenters. The fourth-order valence-electron chi connectivity index (χ4n) is 4.11. The number of nitrogens with zero attached hydrogens (tertiary/aromatic N) is 4. The lowest BCUT2D eigenvalue weighted by Crippen LogP contribution is -2.42. The number of aromatic nitrogens is 4. The molecule has 4 heterocycles. The van der Waals surface area contributed by atoms with Gasteiger partial charge in [0.2, 0.25) is 5.88 Å². The fourth-order valence-corrected chi connectivity index (χ4v) is 4.11. The van der Waals surface area contributed by atoms with Gasteiger partial charge in [0.25, 0.3) is 0 Å². The number of hydrogen-bond acceptors (Lipinski definition) is 6. The van der Waals surface area contributed by atoms with Crippen LogP contribution < -0.4 is 10.1 Å². The van der Waals surface area contributed by atoms with E-state index in [-0.39, 0.29) is 0 Å². The molecule has 0 saturated carbocycles. The topological polar surface area (TPSA) is 79.0 Å². The molecule has 0 radical (unpaired) electrons. The van der Waals surface area contributed by atoms with Gasteiger partial charge in [0.15, 0.2) is 0 Å². The van der Waals surface area contributed by atoms with Crippen LogP contribution >= 0.6 is 0 Å². The number of ether oxygens (including phenoxy) is 1. The van der Waals surface area contributed by atoms with Crippen molar-refractivity contribution in [2.24, 2.45) is 0 Å². The standard InChI is InChI=1S/C24H26N6O/c1-31-24-20(3-2-7-27-24)18-4-5-21-22(14-18)29-23(28-21)15-19-13-17(6-8-26-19)16-30-11-9-25-10-12-30/h2-8,13-14,25H,9-12,15-16H2,1H3,(H,28,29). The summed E-state index contributed by atoms with van der Waals surface area (Å²) in [4.78, 5) is 19.6. The van der Waals surface area contributed by atoms with Crippen molar-refractivity contribution in [1.82, 2.24) is 30.2 Å². The van der Waals surface area contributed by atoms with E-state index in [1.807, 2.05) is 24.4 Å². The Hall–Kier alpha value is -3.29. The summed E-state index contributed by atoms with van der Waals surface area (Å²) in [5, 5.41) is 3.40. The second-order valence-electron chi connectivity index (χ2n) is 7.83. The summed E-state index contributed by atoms with van der Waals surface area (Å²) >= 11 is 0. The van der Waals surface area contributed by atoms with Crippen LogP contribution in [0.5, 0.6) is 5.88 Å². The van der Waals surface area contributed by atoms with Gasteiger partial charge in [0, 0.05) is 62.8 Å². The first-order chi connectivity index (χ1) is 15.3. The highest BCUT2D eigenvalue weighted by molar-refractivity contribution is 5.83. The molecule has 5 rings (SSSR count). The largest absolute Gasteiger partial charge is 0.481 e. The number of rotatable bonds is 6. The van der Waals surface area contributed by atoms with Gasteiger partial charge in [-0.1, -0.05) is 6.07 Å². The first-order valence-corrected chi connectivity index (χ1v) is 10.6. The van der Waals surface area contributed by atoms with E-state index in [4.69, 9.17) is 9.72 Å². The van der Waals surface area contributed by atoms with E-state index in [2.05, 4.69) is 49.4 Å². The number of benzene rings is 1. The Labute approximate surface area is 181 Å². The highest BCUT2D eigenvalue weighted by atomic mass is 16.5. The van der Waals surface area contributed by atoms with Gasteiger partial charge < -0.3 is 15.0 Å². The van der Waals surface area contributed by atoms with Crippen molar-refractivity contribution in [3.8, 4) is 17.0 Å². The molecule has 31 heavy (non-hydrogen) atoms. The minimum Gasteiger partial charge on any atom is -0.481 e. The van der Waals surface area contributed by atoms with E-state index in [9.17, 15) is 0 Å². The Morgan fingerprint density at radius 3 is 2.81 bits per heavy atom. The lowest BCUT2D eigenvalue weighted by molar-refractivity contribution is 0.233. The molecular formula is C24H26N6O. The third-order valence-electron chi connectivity index (χ3n) is 5.65. The van der Waals surface area contributed by atoms with Gasteiger partial charge in [-0.3, -0.25) is 9.88 Å². The number of hydrogen-bond donors (Lipinski definition) is 2. The zero-order valence-electron chi connectivity index (χ0n) is 17.6. The summed E-state index contributed by atoms with van der Waals surface area (Å²) in [5.41, 5.74) is 6.28. The van der Waals surface area contributed by atoms with Crippen molar-refractivity contribution in [2.75, 3.05) is 33.3 Å². The molecule has 4 aromatic rings. The van der Waals surface area contributed by atoms with Crippen molar-refractivity contribution in [3.63, 3.8) is 0 Å². The molecule has 0 bridgehead atoms. The highest BCUT2D eigenvalue weighted by Crippen LogP contribution is 2.29. The quantitative estimate of drug-likeness (QED) is 0.505. The SMILES string of the molecule is COc1ncccc1-c1ccc2nc(Cc3cc(CN4CCNCC4)ccn3)[nH]c2c1. The Bertz CT molecular complexity index is 1180. The van der Waals surface area contributed by atoms with E-state index in [1.54, 1.807) is 13.3 Å². The van der Waals surface area contributed by atoms with Crippen LogP contribution in [0.2, 0.25) is 0 Å². The van der Waals surface area contributed by atoms with Gasteiger partial charge in [0.1, 0.15) is 5.82 Å². The number of piperazine rings is 1. The molecule has 7 heteroatoms. The highest BCUT2D eigenvalue weighted by Gasteiger charge is 2.12. The fraction of sp³-hybridized carbons (Fsp3) is 0.292. The predicted molar refractivity (Wildman–Crippen MR) is 121 cm³/mol. The molecule has 158 valence electrons. The number of H-pyrrole nitrogens is 1. The van der Waals surface area contributed by atoms with E-state index < -0.39 is 0 Å². The van der Waals surface area contributed by atoms with Crippen LogP contribution in [0.1, 0.15) is 17.1 Å². The van der Waals surface area contributed by atoms with Crippen molar-refractivity contribution >= 4 is 11.0 Å². The van der Waals surface area contributed by atoms with Gasteiger partial charge in [-0.25, -0.2) is 9.97 Å². The monoisotopic (exact) mass is 414 g/mol. The van der Waals surface area contributed by atoms with Crippen LogP contribution in [-0.2, 0) is 13.0 Å². The summed E-state index contributed by atoms with van der Waals surface area (Å²) in [6, 6.07) is 14.4. The number of fused-ring (bicyclic) bond motifs is 1.